The van der Waals surface area contributed by atoms with Crippen molar-refractivity contribution in [1.82, 2.24) is 10.2 Å². The molecular weight excluding hydrogens is 451 g/mol. The first kappa shape index (κ1) is 25.6. The first-order chi connectivity index (χ1) is 14.5. The van der Waals surface area contributed by atoms with Crippen molar-refractivity contribution >= 4 is 46.8 Å². The molecule has 2 aromatic carbocycles. The lowest BCUT2D eigenvalue weighted by atomic mass is 10.1. The summed E-state index contributed by atoms with van der Waals surface area (Å²) in [7, 11) is 0. The Balaban J connectivity index is 2.16. The van der Waals surface area contributed by atoms with Gasteiger partial charge in [-0.15, -0.1) is 11.8 Å². The van der Waals surface area contributed by atoms with Crippen LogP contribution in [0.5, 0.6) is 0 Å². The first-order valence-electron chi connectivity index (χ1n) is 10.2. The maximum absolute atomic E-state index is 13.2. The molecule has 1 atom stereocenters. The smallest absolute Gasteiger partial charge is 0.242 e. The molecule has 0 aliphatic carbocycles. The number of hydrogen-bond acceptors (Lipinski definition) is 3. The zero-order valence-corrected chi connectivity index (χ0v) is 21.0. The highest BCUT2D eigenvalue weighted by molar-refractivity contribution is 7.99. The Morgan fingerprint density at radius 1 is 1.06 bits per heavy atom. The lowest BCUT2D eigenvalue weighted by Gasteiger charge is -2.32. The van der Waals surface area contributed by atoms with E-state index in [9.17, 15) is 9.59 Å². The van der Waals surface area contributed by atoms with Crippen molar-refractivity contribution in [3.05, 3.63) is 63.6 Å². The molecule has 0 heterocycles. The molecule has 1 N–H and O–H groups in total. The van der Waals surface area contributed by atoms with Gasteiger partial charge in [0, 0.05) is 44.8 Å². The molecule has 4 nitrogen and oxygen atoms in total. The number of halogens is 2. The molecule has 0 spiro atoms. The second-order valence-corrected chi connectivity index (χ2v) is 10.5. The Morgan fingerprint density at radius 3 is 2.19 bits per heavy atom. The van der Waals surface area contributed by atoms with Crippen LogP contribution in [-0.4, -0.2) is 34.0 Å². The second kappa shape index (κ2) is 11.3. The molecule has 31 heavy (non-hydrogen) atoms. The molecule has 0 fully saturated rings. The van der Waals surface area contributed by atoms with Gasteiger partial charge in [0.25, 0.3) is 0 Å². The number of rotatable bonds is 8. The number of carbonyl (C=O) groups is 2. The lowest BCUT2D eigenvalue weighted by molar-refractivity contribution is -0.140. The van der Waals surface area contributed by atoms with Crippen molar-refractivity contribution in [2.45, 2.75) is 64.1 Å². The van der Waals surface area contributed by atoms with Crippen molar-refractivity contribution in [1.29, 1.82) is 0 Å². The minimum Gasteiger partial charge on any atom is -0.350 e. The fraction of sp³-hybridized carbons (Fsp3) is 0.417. The molecule has 0 saturated heterocycles. The van der Waals surface area contributed by atoms with Crippen LogP contribution in [0.15, 0.2) is 47.4 Å². The van der Waals surface area contributed by atoms with Gasteiger partial charge in [-0.2, -0.15) is 0 Å². The van der Waals surface area contributed by atoms with Gasteiger partial charge in [-0.25, -0.2) is 0 Å². The Labute approximate surface area is 199 Å². The topological polar surface area (TPSA) is 49.4 Å². The SMILES string of the molecule is Cc1ccc(SCCC(=O)N(Cc2c(Cl)cccc2Cl)[C@H](C)C(=O)NC(C)(C)C)cc1. The number of benzene rings is 2. The van der Waals surface area contributed by atoms with Crippen molar-refractivity contribution in [3.63, 3.8) is 0 Å². The molecule has 0 aliphatic rings. The third-order valence-corrected chi connectivity index (χ3v) is 6.38. The van der Waals surface area contributed by atoms with Gasteiger partial charge in [0.1, 0.15) is 6.04 Å². The maximum Gasteiger partial charge on any atom is 0.242 e. The molecule has 0 aromatic heterocycles. The Kier molecular flexibility index (Phi) is 9.28. The van der Waals surface area contributed by atoms with Gasteiger partial charge < -0.3 is 10.2 Å². The molecule has 2 rings (SSSR count). The molecule has 0 bridgehead atoms. The van der Waals surface area contributed by atoms with Gasteiger partial charge in [0.2, 0.25) is 11.8 Å². The Bertz CT molecular complexity index is 891. The highest BCUT2D eigenvalue weighted by Crippen LogP contribution is 2.27. The number of thioether (sulfide) groups is 1. The first-order valence-corrected chi connectivity index (χ1v) is 12.0. The van der Waals surface area contributed by atoms with Crippen LogP contribution < -0.4 is 5.32 Å². The van der Waals surface area contributed by atoms with E-state index in [0.29, 0.717) is 27.8 Å². The summed E-state index contributed by atoms with van der Waals surface area (Å²) >= 11 is 14.3. The standard InChI is InChI=1S/C24H30Cl2N2O2S/c1-16-9-11-18(12-10-16)31-14-13-22(29)28(17(2)23(30)27-24(3,4)5)15-19-20(25)7-6-8-21(19)26/h6-12,17H,13-15H2,1-5H3,(H,27,30)/t17-/m1/s1. The molecule has 0 aliphatic heterocycles. The van der Waals surface area contributed by atoms with Crippen LogP contribution in [0.1, 0.15) is 45.2 Å². The van der Waals surface area contributed by atoms with E-state index in [2.05, 4.69) is 17.4 Å². The third kappa shape index (κ3) is 8.06. The maximum atomic E-state index is 13.2. The fourth-order valence-corrected chi connectivity index (χ4v) is 4.30. The van der Waals surface area contributed by atoms with Gasteiger partial charge in [-0.1, -0.05) is 47.0 Å². The summed E-state index contributed by atoms with van der Waals surface area (Å²) in [5.74, 6) is 0.282. The Morgan fingerprint density at radius 2 is 1.65 bits per heavy atom. The summed E-state index contributed by atoms with van der Waals surface area (Å²) in [5.41, 5.74) is 1.44. The highest BCUT2D eigenvalue weighted by Gasteiger charge is 2.29. The Hall–Kier alpha value is -1.69. The van der Waals surface area contributed by atoms with Crippen molar-refractivity contribution < 1.29 is 9.59 Å². The summed E-state index contributed by atoms with van der Waals surface area (Å²) in [5, 5.41) is 3.90. The normalized spacial score (nSPS) is 12.4. The summed E-state index contributed by atoms with van der Waals surface area (Å²) in [6.45, 7) is 9.68. The zero-order valence-electron chi connectivity index (χ0n) is 18.7. The van der Waals surface area contributed by atoms with E-state index in [-0.39, 0.29) is 18.4 Å². The molecular formula is C24H30Cl2N2O2S. The van der Waals surface area contributed by atoms with E-state index in [1.807, 2.05) is 39.8 Å². The number of carbonyl (C=O) groups excluding carboxylic acids is 2. The molecule has 2 aromatic rings. The quantitative estimate of drug-likeness (QED) is 0.463. The van der Waals surface area contributed by atoms with Crippen LogP contribution >= 0.6 is 35.0 Å². The predicted octanol–water partition coefficient (Wildman–Crippen LogP) is 6.12. The fourth-order valence-electron chi connectivity index (χ4n) is 2.94. The average Bonchev–Trinajstić information content (AvgIpc) is 2.67. The molecule has 2 amide bonds. The summed E-state index contributed by atoms with van der Waals surface area (Å²) in [6, 6.07) is 12.8. The van der Waals surface area contributed by atoms with Crippen molar-refractivity contribution in [3.8, 4) is 0 Å². The van der Waals surface area contributed by atoms with Crippen LogP contribution in [0.2, 0.25) is 10.0 Å². The summed E-state index contributed by atoms with van der Waals surface area (Å²) < 4.78 is 0. The van der Waals surface area contributed by atoms with Crippen molar-refractivity contribution in [2.75, 3.05) is 5.75 Å². The zero-order chi connectivity index (χ0) is 23.2. The number of aryl methyl sites for hydroxylation is 1. The van der Waals surface area contributed by atoms with Crippen LogP contribution in [0.3, 0.4) is 0 Å². The number of amides is 2. The van der Waals surface area contributed by atoms with E-state index >= 15 is 0 Å². The van der Waals surface area contributed by atoms with Gasteiger partial charge in [0.05, 0.1) is 0 Å². The summed E-state index contributed by atoms with van der Waals surface area (Å²) in [4.78, 5) is 28.7. The van der Waals surface area contributed by atoms with Gasteiger partial charge in [-0.05, 0) is 58.9 Å². The minimum atomic E-state index is -0.663. The van der Waals surface area contributed by atoms with E-state index < -0.39 is 11.6 Å². The third-order valence-electron chi connectivity index (χ3n) is 4.66. The van der Waals surface area contributed by atoms with Gasteiger partial charge >= 0.3 is 0 Å². The molecule has 0 radical (unpaired) electrons. The average molecular weight is 481 g/mol. The highest BCUT2D eigenvalue weighted by atomic mass is 35.5. The lowest BCUT2D eigenvalue weighted by Crippen LogP contribution is -2.52. The van der Waals surface area contributed by atoms with Crippen LogP contribution in [0, 0.1) is 6.92 Å². The molecule has 7 heteroatoms. The molecule has 168 valence electrons. The number of nitrogens with one attached hydrogen (secondary N) is 1. The van der Waals surface area contributed by atoms with E-state index in [0.717, 1.165) is 4.90 Å². The largest absolute Gasteiger partial charge is 0.350 e. The molecule has 0 unspecified atom stereocenters. The van der Waals surface area contributed by atoms with E-state index in [1.54, 1.807) is 41.8 Å². The summed E-state index contributed by atoms with van der Waals surface area (Å²) in [6.07, 6.45) is 0.299. The van der Waals surface area contributed by atoms with Crippen LogP contribution in [0.4, 0.5) is 0 Å². The second-order valence-electron chi connectivity index (χ2n) is 8.55. The minimum absolute atomic E-state index is 0.118. The van der Waals surface area contributed by atoms with E-state index in [4.69, 9.17) is 23.2 Å². The number of nitrogens with zero attached hydrogens (tertiary/aromatic N) is 1. The monoisotopic (exact) mass is 480 g/mol. The van der Waals surface area contributed by atoms with Gasteiger partial charge in [-0.3, -0.25) is 9.59 Å². The van der Waals surface area contributed by atoms with Crippen LogP contribution in [-0.2, 0) is 16.1 Å². The predicted molar refractivity (Wildman–Crippen MR) is 131 cm³/mol. The molecule has 0 saturated carbocycles. The van der Waals surface area contributed by atoms with E-state index in [1.165, 1.54) is 5.56 Å². The van der Waals surface area contributed by atoms with Crippen molar-refractivity contribution in [2.24, 2.45) is 0 Å². The number of hydrogen-bond donors (Lipinski definition) is 1. The van der Waals surface area contributed by atoms with Gasteiger partial charge in [0.15, 0.2) is 0 Å². The van der Waals surface area contributed by atoms with Crippen LogP contribution in [0.25, 0.3) is 0 Å².